The fourth-order valence-corrected chi connectivity index (χ4v) is 1.78. The maximum atomic E-state index is 8.78. The summed E-state index contributed by atoms with van der Waals surface area (Å²) in [5.41, 5.74) is 2.36. The first-order chi connectivity index (χ1) is 9.79. The number of ether oxygens (including phenoxy) is 2. The lowest BCUT2D eigenvalue weighted by Crippen LogP contribution is -2.02. The van der Waals surface area contributed by atoms with Crippen LogP contribution >= 0.6 is 0 Å². The number of benzene rings is 2. The second-order valence-electron chi connectivity index (χ2n) is 4.65. The van der Waals surface area contributed by atoms with E-state index in [0.717, 1.165) is 11.3 Å². The maximum Gasteiger partial charge on any atom is 0.161 e. The Bertz CT molecular complexity index is 520. The standard InChI is InChI=1S/C17H20O3/c1-14-7-9-15(10-8-14)13-20-17-6-3-2-5-16(17)19-12-4-11-18/h2-3,5-10,18H,4,11-13H2,1H3. The summed E-state index contributed by atoms with van der Waals surface area (Å²) in [4.78, 5) is 0. The van der Waals surface area contributed by atoms with Gasteiger partial charge in [0.2, 0.25) is 0 Å². The van der Waals surface area contributed by atoms with E-state index in [1.165, 1.54) is 5.56 Å². The third kappa shape index (κ3) is 4.28. The Balaban J connectivity index is 1.96. The zero-order valence-corrected chi connectivity index (χ0v) is 11.7. The first kappa shape index (κ1) is 14.4. The number of aliphatic hydroxyl groups excluding tert-OH is 1. The Morgan fingerprint density at radius 2 is 1.55 bits per heavy atom. The molecule has 0 unspecified atom stereocenters. The van der Waals surface area contributed by atoms with Gasteiger partial charge < -0.3 is 14.6 Å². The molecule has 0 heterocycles. The number of rotatable bonds is 7. The molecule has 1 N–H and O–H groups in total. The zero-order chi connectivity index (χ0) is 14.2. The van der Waals surface area contributed by atoms with Gasteiger partial charge in [-0.1, -0.05) is 42.0 Å². The third-order valence-electron chi connectivity index (χ3n) is 2.92. The van der Waals surface area contributed by atoms with Crippen molar-refractivity contribution in [3.05, 3.63) is 59.7 Å². The van der Waals surface area contributed by atoms with Gasteiger partial charge in [0, 0.05) is 13.0 Å². The van der Waals surface area contributed by atoms with Gasteiger partial charge in [-0.25, -0.2) is 0 Å². The van der Waals surface area contributed by atoms with Crippen LogP contribution in [0, 0.1) is 6.92 Å². The van der Waals surface area contributed by atoms with E-state index in [0.29, 0.717) is 25.4 Å². The molecule has 20 heavy (non-hydrogen) atoms. The van der Waals surface area contributed by atoms with Crippen LogP contribution in [0.25, 0.3) is 0 Å². The van der Waals surface area contributed by atoms with Gasteiger partial charge in [-0.3, -0.25) is 0 Å². The lowest BCUT2D eigenvalue weighted by molar-refractivity contribution is 0.221. The normalized spacial score (nSPS) is 10.3. The summed E-state index contributed by atoms with van der Waals surface area (Å²) in [5, 5.41) is 8.78. The Morgan fingerprint density at radius 3 is 2.20 bits per heavy atom. The Hall–Kier alpha value is -2.00. The first-order valence-electron chi connectivity index (χ1n) is 6.80. The number of hydrogen-bond donors (Lipinski definition) is 1. The van der Waals surface area contributed by atoms with Gasteiger partial charge in [0.1, 0.15) is 6.61 Å². The third-order valence-corrected chi connectivity index (χ3v) is 2.92. The minimum atomic E-state index is 0.131. The summed E-state index contributed by atoms with van der Waals surface area (Å²) in [5.74, 6) is 1.44. The fraction of sp³-hybridized carbons (Fsp3) is 0.294. The molecule has 0 radical (unpaired) electrons. The topological polar surface area (TPSA) is 38.7 Å². The van der Waals surface area contributed by atoms with E-state index in [4.69, 9.17) is 14.6 Å². The summed E-state index contributed by atoms with van der Waals surface area (Å²) in [6.07, 6.45) is 0.617. The smallest absolute Gasteiger partial charge is 0.161 e. The largest absolute Gasteiger partial charge is 0.490 e. The predicted molar refractivity (Wildman–Crippen MR) is 79.2 cm³/mol. The van der Waals surface area contributed by atoms with E-state index in [1.807, 2.05) is 24.3 Å². The fourth-order valence-electron chi connectivity index (χ4n) is 1.78. The molecule has 0 aliphatic rings. The molecule has 0 aromatic heterocycles. The molecular weight excluding hydrogens is 252 g/mol. The average Bonchev–Trinajstić information content (AvgIpc) is 2.48. The molecule has 2 aromatic carbocycles. The van der Waals surface area contributed by atoms with E-state index < -0.39 is 0 Å². The zero-order valence-electron chi connectivity index (χ0n) is 11.7. The number of para-hydroxylation sites is 2. The Kier molecular flexibility index (Phi) is 5.44. The molecule has 3 heteroatoms. The molecule has 0 fully saturated rings. The maximum absolute atomic E-state index is 8.78. The quantitative estimate of drug-likeness (QED) is 0.786. The first-order valence-corrected chi connectivity index (χ1v) is 6.80. The lowest BCUT2D eigenvalue weighted by Gasteiger charge is -2.12. The van der Waals surface area contributed by atoms with E-state index in [2.05, 4.69) is 31.2 Å². The summed E-state index contributed by atoms with van der Waals surface area (Å²) < 4.78 is 11.4. The minimum absolute atomic E-state index is 0.131. The van der Waals surface area contributed by atoms with Crippen molar-refractivity contribution in [1.82, 2.24) is 0 Å². The highest BCUT2D eigenvalue weighted by Gasteiger charge is 2.04. The van der Waals surface area contributed by atoms with E-state index >= 15 is 0 Å². The Morgan fingerprint density at radius 1 is 0.900 bits per heavy atom. The molecule has 2 rings (SSSR count). The van der Waals surface area contributed by atoms with Crippen molar-refractivity contribution in [2.75, 3.05) is 13.2 Å². The number of aryl methyl sites for hydroxylation is 1. The van der Waals surface area contributed by atoms with E-state index in [9.17, 15) is 0 Å². The summed E-state index contributed by atoms with van der Waals surface area (Å²) in [6.45, 7) is 3.20. The Labute approximate surface area is 119 Å². The van der Waals surface area contributed by atoms with E-state index in [-0.39, 0.29) is 6.61 Å². The van der Waals surface area contributed by atoms with Gasteiger partial charge in [-0.2, -0.15) is 0 Å². The van der Waals surface area contributed by atoms with Crippen LogP contribution in [0.15, 0.2) is 48.5 Å². The van der Waals surface area contributed by atoms with Gasteiger partial charge >= 0.3 is 0 Å². The van der Waals surface area contributed by atoms with Crippen LogP contribution < -0.4 is 9.47 Å². The molecule has 0 saturated carbocycles. The predicted octanol–water partition coefficient (Wildman–Crippen LogP) is 3.34. The SMILES string of the molecule is Cc1ccc(COc2ccccc2OCCCO)cc1. The van der Waals surface area contributed by atoms with Gasteiger partial charge in [-0.15, -0.1) is 0 Å². The molecule has 2 aromatic rings. The second kappa shape index (κ2) is 7.56. The summed E-state index contributed by atoms with van der Waals surface area (Å²) >= 11 is 0. The van der Waals surface area contributed by atoms with Crippen molar-refractivity contribution in [2.45, 2.75) is 20.0 Å². The molecule has 0 saturated heterocycles. The highest BCUT2D eigenvalue weighted by atomic mass is 16.5. The molecule has 0 atom stereocenters. The van der Waals surface area contributed by atoms with Crippen LogP contribution in [0.3, 0.4) is 0 Å². The number of aliphatic hydroxyl groups is 1. The van der Waals surface area contributed by atoms with Crippen molar-refractivity contribution in [3.63, 3.8) is 0 Å². The molecule has 106 valence electrons. The van der Waals surface area contributed by atoms with Gasteiger partial charge in [0.05, 0.1) is 6.61 Å². The minimum Gasteiger partial charge on any atom is -0.490 e. The molecule has 3 nitrogen and oxygen atoms in total. The van der Waals surface area contributed by atoms with Gasteiger partial charge in [0.15, 0.2) is 11.5 Å². The monoisotopic (exact) mass is 272 g/mol. The average molecular weight is 272 g/mol. The van der Waals surface area contributed by atoms with Crippen molar-refractivity contribution in [3.8, 4) is 11.5 Å². The lowest BCUT2D eigenvalue weighted by atomic mass is 10.2. The molecule has 0 aliphatic heterocycles. The second-order valence-corrected chi connectivity index (χ2v) is 4.65. The van der Waals surface area contributed by atoms with Crippen molar-refractivity contribution >= 4 is 0 Å². The van der Waals surface area contributed by atoms with Crippen molar-refractivity contribution < 1.29 is 14.6 Å². The molecule has 0 aliphatic carbocycles. The molecule has 0 amide bonds. The van der Waals surface area contributed by atoms with Crippen molar-refractivity contribution in [1.29, 1.82) is 0 Å². The van der Waals surface area contributed by atoms with Crippen LogP contribution in [0.2, 0.25) is 0 Å². The molecule has 0 spiro atoms. The molecule has 0 bridgehead atoms. The van der Waals surface area contributed by atoms with Crippen LogP contribution in [0.1, 0.15) is 17.5 Å². The highest BCUT2D eigenvalue weighted by Crippen LogP contribution is 2.27. The number of hydrogen-bond acceptors (Lipinski definition) is 3. The van der Waals surface area contributed by atoms with E-state index in [1.54, 1.807) is 0 Å². The van der Waals surface area contributed by atoms with Crippen LogP contribution in [0.4, 0.5) is 0 Å². The highest BCUT2D eigenvalue weighted by molar-refractivity contribution is 5.39. The van der Waals surface area contributed by atoms with Crippen LogP contribution in [-0.4, -0.2) is 18.3 Å². The van der Waals surface area contributed by atoms with Gasteiger partial charge in [-0.05, 0) is 24.6 Å². The molecular formula is C17H20O3. The van der Waals surface area contributed by atoms with Crippen LogP contribution in [0.5, 0.6) is 11.5 Å². The van der Waals surface area contributed by atoms with Gasteiger partial charge in [0.25, 0.3) is 0 Å². The summed E-state index contributed by atoms with van der Waals surface area (Å²) in [6, 6.07) is 15.9. The van der Waals surface area contributed by atoms with Crippen LogP contribution in [-0.2, 0) is 6.61 Å². The van der Waals surface area contributed by atoms with Crippen molar-refractivity contribution in [2.24, 2.45) is 0 Å². The summed E-state index contributed by atoms with van der Waals surface area (Å²) in [7, 11) is 0.